The van der Waals surface area contributed by atoms with E-state index in [1.165, 1.54) is 11.6 Å². The van der Waals surface area contributed by atoms with Gasteiger partial charge < -0.3 is 15.1 Å². The maximum absolute atomic E-state index is 14.7. The van der Waals surface area contributed by atoms with Crippen LogP contribution in [0.5, 0.6) is 0 Å². The zero-order valence-corrected chi connectivity index (χ0v) is 28.8. The Morgan fingerprint density at radius 1 is 1.11 bits per heavy atom. The molecule has 246 valence electrons. The second-order valence-corrected chi connectivity index (χ2v) is 13.9. The number of amides is 2. The third kappa shape index (κ3) is 6.42. The van der Waals surface area contributed by atoms with Gasteiger partial charge in [-0.25, -0.2) is 19.3 Å². The monoisotopic (exact) mass is 704 g/mol. The normalized spacial score (nSPS) is 20.1. The molecule has 4 aromatic rings. The Kier molecular flexibility index (Phi) is 8.96. The number of piperidine rings is 1. The van der Waals surface area contributed by atoms with Crippen LogP contribution >= 0.6 is 15.9 Å². The van der Waals surface area contributed by atoms with Gasteiger partial charge in [0.2, 0.25) is 11.8 Å². The zero-order valence-electron chi connectivity index (χ0n) is 27.2. The fourth-order valence-electron chi connectivity index (χ4n) is 6.95. The van der Waals surface area contributed by atoms with Crippen molar-refractivity contribution in [2.45, 2.75) is 71.8 Å². The molecular weight excluding hydrogens is 667 g/mol. The maximum Gasteiger partial charge on any atom is 0.248 e. The van der Waals surface area contributed by atoms with Crippen molar-refractivity contribution in [1.29, 1.82) is 0 Å². The summed E-state index contributed by atoms with van der Waals surface area (Å²) in [6.45, 7) is 4.87. The first-order valence-corrected chi connectivity index (χ1v) is 16.5. The Balaban J connectivity index is 1.34. The van der Waals surface area contributed by atoms with Gasteiger partial charge in [-0.15, -0.1) is 0 Å². The van der Waals surface area contributed by atoms with Crippen LogP contribution in [0.15, 0.2) is 41.3 Å². The number of nitrogens with zero attached hydrogens (tertiary/aromatic N) is 7. The summed E-state index contributed by atoms with van der Waals surface area (Å²) in [5.41, 5.74) is 2.80. The molecule has 1 N–H and O–H groups in total. The number of rotatable bonds is 11. The van der Waals surface area contributed by atoms with Crippen molar-refractivity contribution < 1.29 is 18.8 Å². The van der Waals surface area contributed by atoms with Crippen molar-refractivity contribution in [1.82, 2.24) is 34.5 Å². The quantitative estimate of drug-likeness (QED) is 0.165. The number of aryl methyl sites for hydroxylation is 2. The van der Waals surface area contributed by atoms with Crippen LogP contribution in [0.25, 0.3) is 22.0 Å². The molecule has 6 rings (SSSR count). The summed E-state index contributed by atoms with van der Waals surface area (Å²) in [4.78, 5) is 57.6. The number of fused-ring (bicyclic) bond motifs is 2. The number of Topliss-reactive ketones (excluding diaryl/α,β-unsaturated/α-hetero) is 1. The number of carbonyl (C=O) groups is 3. The lowest BCUT2D eigenvalue weighted by Crippen LogP contribution is -2.47. The third-order valence-electron chi connectivity index (χ3n) is 9.39. The minimum Gasteiger partial charge on any atom is -0.325 e. The first-order valence-electron chi connectivity index (χ1n) is 15.7. The number of pyridine rings is 1. The number of aromatic nitrogens is 5. The minimum absolute atomic E-state index is 0.0904. The number of anilines is 1. The standard InChI is InChI=1S/C34H38BrFN8O3/c1-19-7-8-28(35)39-32(19)40-33(47)26-13-34(9-6-10-42(4)5)14-27(34)44(26)29(46)18-43-31-23(15-36)11-22(24-16-37-21(3)38-17-24)12-25(31)30(41-43)20(2)45/h7-8,11-12,16-17,26-27H,6,9-10,13-15,18H2,1-5H3,(H,39,40,47)/t26-,27+,34-/m0/s1. The number of halogens is 2. The molecule has 1 aliphatic carbocycles. The largest absolute Gasteiger partial charge is 0.325 e. The molecule has 2 amide bonds. The lowest BCUT2D eigenvalue weighted by molar-refractivity contribution is -0.138. The van der Waals surface area contributed by atoms with Crippen molar-refractivity contribution in [3.63, 3.8) is 0 Å². The topological polar surface area (TPSA) is 126 Å². The van der Waals surface area contributed by atoms with Crippen LogP contribution in [0.4, 0.5) is 10.2 Å². The fourth-order valence-corrected chi connectivity index (χ4v) is 7.26. The van der Waals surface area contributed by atoms with Gasteiger partial charge in [0.25, 0.3) is 0 Å². The van der Waals surface area contributed by atoms with Gasteiger partial charge >= 0.3 is 0 Å². The zero-order chi connectivity index (χ0) is 33.6. The van der Waals surface area contributed by atoms with Crippen LogP contribution in [0.1, 0.15) is 60.0 Å². The number of ketones is 1. The Labute approximate surface area is 281 Å². The summed E-state index contributed by atoms with van der Waals surface area (Å²) in [5.74, 6) is 0.133. The van der Waals surface area contributed by atoms with Crippen molar-refractivity contribution in [2.24, 2.45) is 5.41 Å². The highest BCUT2D eigenvalue weighted by Gasteiger charge is 2.66. The van der Waals surface area contributed by atoms with E-state index in [1.54, 1.807) is 42.4 Å². The Morgan fingerprint density at radius 2 is 1.85 bits per heavy atom. The van der Waals surface area contributed by atoms with Crippen LogP contribution in [0.3, 0.4) is 0 Å². The molecule has 0 bridgehead atoms. The van der Waals surface area contributed by atoms with Crippen molar-refractivity contribution in [2.75, 3.05) is 26.0 Å². The third-order valence-corrected chi connectivity index (χ3v) is 9.83. The van der Waals surface area contributed by atoms with Gasteiger partial charge in [0.15, 0.2) is 5.78 Å². The molecule has 11 nitrogen and oxygen atoms in total. The van der Waals surface area contributed by atoms with E-state index in [2.05, 4.69) is 46.2 Å². The van der Waals surface area contributed by atoms with E-state index in [0.717, 1.165) is 31.4 Å². The molecule has 2 fully saturated rings. The molecule has 0 radical (unpaired) electrons. The second kappa shape index (κ2) is 12.8. The minimum atomic E-state index is -0.834. The Bertz CT molecular complexity index is 1880. The predicted molar refractivity (Wildman–Crippen MR) is 179 cm³/mol. The van der Waals surface area contributed by atoms with E-state index in [4.69, 9.17) is 0 Å². The van der Waals surface area contributed by atoms with E-state index in [0.29, 0.717) is 50.3 Å². The Morgan fingerprint density at radius 3 is 2.53 bits per heavy atom. The first kappa shape index (κ1) is 32.8. The van der Waals surface area contributed by atoms with Crippen LogP contribution in [0, 0.1) is 19.3 Å². The van der Waals surface area contributed by atoms with Crippen LogP contribution in [0.2, 0.25) is 0 Å². The van der Waals surface area contributed by atoms with Gasteiger partial charge in [-0.3, -0.25) is 19.1 Å². The predicted octanol–water partition coefficient (Wildman–Crippen LogP) is 5.28. The van der Waals surface area contributed by atoms with Crippen molar-refractivity contribution >= 4 is 50.2 Å². The molecule has 3 atom stereocenters. The van der Waals surface area contributed by atoms with Gasteiger partial charge in [-0.1, -0.05) is 6.07 Å². The molecule has 0 unspecified atom stereocenters. The highest BCUT2D eigenvalue weighted by atomic mass is 79.9. The summed E-state index contributed by atoms with van der Waals surface area (Å²) < 4.78 is 16.7. The first-order chi connectivity index (χ1) is 22.4. The number of benzene rings is 1. The summed E-state index contributed by atoms with van der Waals surface area (Å²) in [6.07, 6.45) is 6.51. The molecule has 47 heavy (non-hydrogen) atoms. The van der Waals surface area contributed by atoms with E-state index in [-0.39, 0.29) is 41.3 Å². The number of carbonyl (C=O) groups excluding carboxylic acids is 3. The number of alkyl halides is 1. The highest BCUT2D eigenvalue weighted by Crippen LogP contribution is 2.62. The SMILES string of the molecule is CC(=O)c1nn(CC(=O)N2[C@H](C(=O)Nc3nc(Br)ccc3C)C[C@@]3(CCCN(C)C)C[C@@H]23)c2c(CF)cc(-c3cnc(C)nc3)cc12. The average Bonchev–Trinajstić information content (AvgIpc) is 3.43. The summed E-state index contributed by atoms with van der Waals surface area (Å²) in [7, 11) is 4.06. The van der Waals surface area contributed by atoms with Gasteiger partial charge in [-0.05, 0) is 111 Å². The van der Waals surface area contributed by atoms with Crippen LogP contribution in [-0.4, -0.2) is 84.9 Å². The fraction of sp³-hybridized carbons (Fsp3) is 0.441. The average molecular weight is 706 g/mol. The molecule has 3 aromatic heterocycles. The maximum atomic E-state index is 14.7. The van der Waals surface area contributed by atoms with E-state index in [9.17, 15) is 18.8 Å². The van der Waals surface area contributed by atoms with Gasteiger partial charge in [0.05, 0.1) is 5.52 Å². The highest BCUT2D eigenvalue weighted by molar-refractivity contribution is 9.10. The molecule has 1 saturated heterocycles. The molecule has 1 aromatic carbocycles. The van der Waals surface area contributed by atoms with Gasteiger partial charge in [-0.2, -0.15) is 5.10 Å². The van der Waals surface area contributed by atoms with Crippen molar-refractivity contribution in [3.8, 4) is 11.1 Å². The van der Waals surface area contributed by atoms with Crippen LogP contribution < -0.4 is 5.32 Å². The molecule has 13 heteroatoms. The molecule has 1 saturated carbocycles. The van der Waals surface area contributed by atoms with E-state index in [1.807, 2.05) is 27.1 Å². The molecular formula is C34H38BrFN8O3. The summed E-state index contributed by atoms with van der Waals surface area (Å²) >= 11 is 3.37. The molecule has 1 aliphatic heterocycles. The van der Waals surface area contributed by atoms with E-state index >= 15 is 0 Å². The lowest BCUT2D eigenvalue weighted by atomic mass is 9.93. The summed E-state index contributed by atoms with van der Waals surface area (Å²) in [6, 6.07) is 6.32. The Hall–Kier alpha value is -4.10. The van der Waals surface area contributed by atoms with E-state index < -0.39 is 12.7 Å². The number of nitrogens with one attached hydrogen (secondary N) is 1. The smallest absolute Gasteiger partial charge is 0.248 e. The second-order valence-electron chi connectivity index (χ2n) is 13.0. The van der Waals surface area contributed by atoms with Crippen LogP contribution in [-0.2, 0) is 22.8 Å². The molecule has 2 aliphatic rings. The lowest BCUT2D eigenvalue weighted by Gasteiger charge is -2.27. The summed E-state index contributed by atoms with van der Waals surface area (Å²) in [5, 5.41) is 7.95. The van der Waals surface area contributed by atoms with Gasteiger partial charge in [0.1, 0.15) is 41.2 Å². The number of hydrogen-bond donors (Lipinski definition) is 1. The van der Waals surface area contributed by atoms with Crippen molar-refractivity contribution in [3.05, 3.63) is 63.9 Å². The van der Waals surface area contributed by atoms with Gasteiger partial charge in [0, 0.05) is 41.9 Å². The number of likely N-dealkylation sites (tertiary alicyclic amines) is 1. The molecule has 0 spiro atoms. The molecule has 4 heterocycles. The number of hydrogen-bond acceptors (Lipinski definition) is 8.